The standard InChI is InChI=1S/C27H24O2S/c1-18-16-23(12-14-26(18)28)30-24-13-15-27(29)25(17-24)19(2)20-8-10-22(11-9-20)21-6-4-3-5-7-21/h3-17,19,28-29H,1-2H3. The molecule has 4 aromatic carbocycles. The first-order valence-corrected chi connectivity index (χ1v) is 10.8. The molecule has 0 aliphatic heterocycles. The molecule has 0 radical (unpaired) electrons. The first kappa shape index (κ1) is 20.1. The van der Waals surface area contributed by atoms with Gasteiger partial charge in [-0.1, -0.05) is 73.3 Å². The van der Waals surface area contributed by atoms with E-state index in [-0.39, 0.29) is 5.92 Å². The molecular formula is C27H24O2S. The highest BCUT2D eigenvalue weighted by molar-refractivity contribution is 7.99. The second-order valence-electron chi connectivity index (χ2n) is 7.48. The molecule has 30 heavy (non-hydrogen) atoms. The minimum absolute atomic E-state index is 0.0666. The molecule has 2 nitrogen and oxygen atoms in total. The van der Waals surface area contributed by atoms with Gasteiger partial charge in [0.2, 0.25) is 0 Å². The van der Waals surface area contributed by atoms with Crippen LogP contribution in [-0.2, 0) is 0 Å². The van der Waals surface area contributed by atoms with E-state index in [0.717, 1.165) is 26.5 Å². The van der Waals surface area contributed by atoms with Crippen molar-refractivity contribution in [3.05, 3.63) is 108 Å². The predicted octanol–water partition coefficient (Wildman–Crippen LogP) is 7.38. The van der Waals surface area contributed by atoms with Crippen LogP contribution in [-0.4, -0.2) is 10.2 Å². The summed E-state index contributed by atoms with van der Waals surface area (Å²) < 4.78 is 0. The number of benzene rings is 4. The molecule has 0 aliphatic carbocycles. The van der Waals surface area contributed by atoms with Gasteiger partial charge in [-0.05, 0) is 65.6 Å². The number of rotatable bonds is 5. The van der Waals surface area contributed by atoms with Gasteiger partial charge in [-0.15, -0.1) is 0 Å². The maximum atomic E-state index is 10.5. The predicted molar refractivity (Wildman–Crippen MR) is 124 cm³/mol. The highest BCUT2D eigenvalue weighted by Crippen LogP contribution is 2.37. The summed E-state index contributed by atoms with van der Waals surface area (Å²) in [6.45, 7) is 4.01. The van der Waals surface area contributed by atoms with Crippen LogP contribution in [0.3, 0.4) is 0 Å². The molecule has 0 aliphatic rings. The van der Waals surface area contributed by atoms with E-state index >= 15 is 0 Å². The molecule has 2 N–H and O–H groups in total. The van der Waals surface area contributed by atoms with E-state index in [2.05, 4.69) is 49.4 Å². The van der Waals surface area contributed by atoms with Gasteiger partial charge in [-0.2, -0.15) is 0 Å². The van der Waals surface area contributed by atoms with Crippen molar-refractivity contribution in [2.24, 2.45) is 0 Å². The number of phenols is 2. The highest BCUT2D eigenvalue weighted by atomic mass is 32.2. The SMILES string of the molecule is Cc1cc(Sc2ccc(O)c(C(C)c3ccc(-c4ccccc4)cc3)c2)ccc1O. The fraction of sp³-hybridized carbons (Fsp3) is 0.111. The third-order valence-corrected chi connectivity index (χ3v) is 6.37. The second-order valence-corrected chi connectivity index (χ2v) is 8.63. The zero-order valence-electron chi connectivity index (χ0n) is 17.0. The van der Waals surface area contributed by atoms with E-state index in [1.807, 2.05) is 43.3 Å². The molecule has 4 rings (SSSR count). The summed E-state index contributed by atoms with van der Waals surface area (Å²) in [5.74, 6) is 0.677. The van der Waals surface area contributed by atoms with Crippen molar-refractivity contribution in [2.75, 3.05) is 0 Å². The summed E-state index contributed by atoms with van der Waals surface area (Å²) in [5.41, 5.74) is 5.30. The number of aryl methyl sites for hydroxylation is 1. The molecule has 3 heteroatoms. The first-order chi connectivity index (χ1) is 14.5. The van der Waals surface area contributed by atoms with Gasteiger partial charge in [0.25, 0.3) is 0 Å². The molecule has 0 saturated heterocycles. The van der Waals surface area contributed by atoms with Crippen molar-refractivity contribution in [1.29, 1.82) is 0 Å². The Morgan fingerprint density at radius 2 is 1.27 bits per heavy atom. The Balaban J connectivity index is 1.58. The smallest absolute Gasteiger partial charge is 0.119 e. The van der Waals surface area contributed by atoms with Crippen molar-refractivity contribution in [1.82, 2.24) is 0 Å². The molecule has 0 heterocycles. The van der Waals surface area contributed by atoms with Crippen LogP contribution in [0.4, 0.5) is 0 Å². The molecule has 0 amide bonds. The largest absolute Gasteiger partial charge is 0.508 e. The molecular weight excluding hydrogens is 388 g/mol. The van der Waals surface area contributed by atoms with Crippen LogP contribution < -0.4 is 0 Å². The Hall–Kier alpha value is -3.17. The Bertz CT molecular complexity index is 1150. The summed E-state index contributed by atoms with van der Waals surface area (Å²) in [6.07, 6.45) is 0. The summed E-state index contributed by atoms with van der Waals surface area (Å²) in [5, 5.41) is 20.2. The Morgan fingerprint density at radius 3 is 1.93 bits per heavy atom. The summed E-state index contributed by atoms with van der Waals surface area (Å²) in [4.78, 5) is 2.11. The van der Waals surface area contributed by atoms with Gasteiger partial charge in [0, 0.05) is 21.3 Å². The molecule has 0 bridgehead atoms. The quantitative estimate of drug-likeness (QED) is 0.359. The van der Waals surface area contributed by atoms with E-state index in [1.54, 1.807) is 23.9 Å². The van der Waals surface area contributed by atoms with Crippen molar-refractivity contribution in [3.8, 4) is 22.6 Å². The third-order valence-electron chi connectivity index (χ3n) is 5.39. The molecule has 0 saturated carbocycles. The van der Waals surface area contributed by atoms with Crippen LogP contribution in [0.2, 0.25) is 0 Å². The van der Waals surface area contributed by atoms with Crippen LogP contribution in [0.15, 0.2) is 101 Å². The fourth-order valence-corrected chi connectivity index (χ4v) is 4.51. The van der Waals surface area contributed by atoms with Gasteiger partial charge in [0.15, 0.2) is 0 Å². The number of aromatic hydroxyl groups is 2. The lowest BCUT2D eigenvalue weighted by atomic mass is 9.91. The monoisotopic (exact) mass is 412 g/mol. The Labute approximate surface area is 181 Å². The van der Waals surface area contributed by atoms with E-state index in [1.165, 1.54) is 11.1 Å². The zero-order chi connectivity index (χ0) is 21.1. The maximum absolute atomic E-state index is 10.5. The first-order valence-electron chi connectivity index (χ1n) is 9.97. The molecule has 0 spiro atoms. The molecule has 150 valence electrons. The van der Waals surface area contributed by atoms with Crippen molar-refractivity contribution in [3.63, 3.8) is 0 Å². The van der Waals surface area contributed by atoms with Gasteiger partial charge in [-0.3, -0.25) is 0 Å². The van der Waals surface area contributed by atoms with E-state index in [9.17, 15) is 10.2 Å². The maximum Gasteiger partial charge on any atom is 0.119 e. The van der Waals surface area contributed by atoms with Crippen LogP contribution >= 0.6 is 11.8 Å². The normalized spacial score (nSPS) is 11.9. The lowest BCUT2D eigenvalue weighted by Gasteiger charge is -2.16. The molecule has 0 aromatic heterocycles. The highest BCUT2D eigenvalue weighted by Gasteiger charge is 2.14. The second kappa shape index (κ2) is 8.68. The summed E-state index contributed by atoms with van der Waals surface area (Å²) >= 11 is 1.62. The van der Waals surface area contributed by atoms with Crippen LogP contribution in [0, 0.1) is 6.92 Å². The molecule has 1 atom stereocenters. The Kier molecular flexibility index (Phi) is 5.82. The van der Waals surface area contributed by atoms with Gasteiger partial charge in [0.05, 0.1) is 0 Å². The van der Waals surface area contributed by atoms with E-state index < -0.39 is 0 Å². The van der Waals surface area contributed by atoms with Crippen LogP contribution in [0.25, 0.3) is 11.1 Å². The van der Waals surface area contributed by atoms with Gasteiger partial charge in [0.1, 0.15) is 11.5 Å². The average Bonchev–Trinajstić information content (AvgIpc) is 2.78. The zero-order valence-corrected chi connectivity index (χ0v) is 17.9. The van der Waals surface area contributed by atoms with Gasteiger partial charge in [-0.25, -0.2) is 0 Å². The third kappa shape index (κ3) is 4.37. The number of phenolic OH excluding ortho intramolecular Hbond substituents is 2. The number of hydrogen-bond donors (Lipinski definition) is 2. The average molecular weight is 413 g/mol. The van der Waals surface area contributed by atoms with Gasteiger partial charge >= 0.3 is 0 Å². The van der Waals surface area contributed by atoms with Crippen LogP contribution in [0.1, 0.15) is 29.5 Å². The van der Waals surface area contributed by atoms with Gasteiger partial charge < -0.3 is 10.2 Å². The number of hydrogen-bond acceptors (Lipinski definition) is 3. The molecule has 4 aromatic rings. The molecule has 1 unspecified atom stereocenters. The van der Waals surface area contributed by atoms with Crippen molar-refractivity contribution < 1.29 is 10.2 Å². The minimum Gasteiger partial charge on any atom is -0.508 e. The van der Waals surface area contributed by atoms with E-state index in [4.69, 9.17) is 0 Å². The molecule has 0 fully saturated rings. The summed E-state index contributed by atoms with van der Waals surface area (Å²) in [7, 11) is 0. The van der Waals surface area contributed by atoms with Crippen molar-refractivity contribution in [2.45, 2.75) is 29.6 Å². The summed E-state index contributed by atoms with van der Waals surface area (Å²) in [6, 6.07) is 30.2. The van der Waals surface area contributed by atoms with Crippen LogP contribution in [0.5, 0.6) is 11.5 Å². The minimum atomic E-state index is 0.0666. The topological polar surface area (TPSA) is 40.5 Å². The fourth-order valence-electron chi connectivity index (χ4n) is 3.54. The van der Waals surface area contributed by atoms with Crippen molar-refractivity contribution >= 4 is 11.8 Å². The Morgan fingerprint density at radius 1 is 0.667 bits per heavy atom. The lowest BCUT2D eigenvalue weighted by molar-refractivity contribution is 0.465. The van der Waals surface area contributed by atoms with E-state index in [0.29, 0.717) is 11.5 Å². The lowest BCUT2D eigenvalue weighted by Crippen LogP contribution is -1.97.